The lowest BCUT2D eigenvalue weighted by Gasteiger charge is -2.18. The Balaban J connectivity index is 1.75. The molecule has 1 atom stereocenters. The van der Waals surface area contributed by atoms with Crippen molar-refractivity contribution in [3.05, 3.63) is 95.6 Å². The van der Waals surface area contributed by atoms with Gasteiger partial charge in [0, 0.05) is 11.1 Å². The average Bonchev–Trinajstić information content (AvgIpc) is 2.82. The predicted molar refractivity (Wildman–Crippen MR) is 120 cm³/mol. The first-order valence-corrected chi connectivity index (χ1v) is 11.7. The summed E-state index contributed by atoms with van der Waals surface area (Å²) >= 11 is 0. The molecule has 0 N–H and O–H groups in total. The van der Waals surface area contributed by atoms with E-state index in [1.165, 1.54) is 19.2 Å². The molecule has 32 heavy (non-hydrogen) atoms. The van der Waals surface area contributed by atoms with Crippen LogP contribution in [0.2, 0.25) is 0 Å². The minimum atomic E-state index is -3.65. The van der Waals surface area contributed by atoms with E-state index in [0.717, 1.165) is 5.56 Å². The molecule has 0 spiro atoms. The Labute approximate surface area is 187 Å². The summed E-state index contributed by atoms with van der Waals surface area (Å²) in [5.41, 5.74) is 1.79. The lowest BCUT2D eigenvalue weighted by Crippen LogP contribution is -2.22. The number of hydrogen-bond donors (Lipinski definition) is 0. The number of ketones is 1. The number of sulfone groups is 1. The first-order chi connectivity index (χ1) is 15.3. The monoisotopic (exact) mass is 452 g/mol. The van der Waals surface area contributed by atoms with Crippen LogP contribution in [0.4, 0.5) is 0 Å². The second-order valence-corrected chi connectivity index (χ2v) is 9.36. The normalized spacial score (nSPS) is 12.1. The van der Waals surface area contributed by atoms with Gasteiger partial charge >= 0.3 is 5.97 Å². The number of carbonyl (C=O) groups excluding carboxylic acids is 2. The minimum absolute atomic E-state index is 0.143. The largest absolute Gasteiger partial charge is 0.497 e. The van der Waals surface area contributed by atoms with E-state index in [9.17, 15) is 18.0 Å². The van der Waals surface area contributed by atoms with E-state index in [1.54, 1.807) is 66.7 Å². The van der Waals surface area contributed by atoms with E-state index in [4.69, 9.17) is 9.47 Å². The maximum absolute atomic E-state index is 13.1. The van der Waals surface area contributed by atoms with Crippen LogP contribution in [0.15, 0.2) is 83.8 Å². The van der Waals surface area contributed by atoms with Gasteiger partial charge in [0.2, 0.25) is 5.78 Å². The van der Waals surface area contributed by atoms with Crippen LogP contribution in [-0.2, 0) is 19.4 Å². The molecule has 7 heteroatoms. The van der Waals surface area contributed by atoms with Crippen molar-refractivity contribution in [1.82, 2.24) is 0 Å². The molecule has 0 radical (unpaired) electrons. The highest BCUT2D eigenvalue weighted by Gasteiger charge is 2.27. The summed E-state index contributed by atoms with van der Waals surface area (Å²) in [6, 6.07) is 21.5. The van der Waals surface area contributed by atoms with E-state index < -0.39 is 33.4 Å². The number of carbonyl (C=O) groups is 2. The number of rotatable bonds is 9. The first kappa shape index (κ1) is 23.2. The summed E-state index contributed by atoms with van der Waals surface area (Å²) in [5, 5.41) is 0. The van der Waals surface area contributed by atoms with E-state index >= 15 is 0 Å². The van der Waals surface area contributed by atoms with Crippen LogP contribution >= 0.6 is 0 Å². The van der Waals surface area contributed by atoms with Crippen molar-refractivity contribution in [1.29, 1.82) is 0 Å². The number of aryl methyl sites for hydroxylation is 1. The summed E-state index contributed by atoms with van der Waals surface area (Å²) in [6.45, 7) is 1.86. The van der Waals surface area contributed by atoms with Crippen molar-refractivity contribution in [2.75, 3.05) is 12.9 Å². The number of Topliss-reactive ketones (excluding diaryl/α,β-unsaturated/α-hetero) is 1. The third-order valence-electron chi connectivity index (χ3n) is 4.92. The zero-order valence-electron chi connectivity index (χ0n) is 17.9. The Morgan fingerprint density at radius 3 is 2.09 bits per heavy atom. The highest BCUT2D eigenvalue weighted by atomic mass is 32.2. The molecule has 0 fully saturated rings. The van der Waals surface area contributed by atoms with Crippen molar-refractivity contribution < 1.29 is 27.5 Å². The van der Waals surface area contributed by atoms with Gasteiger partial charge in [0.05, 0.1) is 24.2 Å². The van der Waals surface area contributed by atoms with Crippen LogP contribution in [-0.4, -0.2) is 33.0 Å². The minimum Gasteiger partial charge on any atom is -0.497 e. The molecular weight excluding hydrogens is 428 g/mol. The molecular formula is C25H24O6S. The molecule has 3 aromatic carbocycles. The average molecular weight is 453 g/mol. The molecule has 0 heterocycles. The predicted octanol–water partition coefficient (Wildman–Crippen LogP) is 4.33. The van der Waals surface area contributed by atoms with E-state index in [-0.39, 0.29) is 11.3 Å². The Morgan fingerprint density at radius 1 is 0.875 bits per heavy atom. The fourth-order valence-electron chi connectivity index (χ4n) is 3.08. The zero-order valence-corrected chi connectivity index (χ0v) is 18.7. The maximum atomic E-state index is 13.1. The zero-order chi connectivity index (χ0) is 23.1. The number of ether oxygens (including phenoxy) is 2. The maximum Gasteiger partial charge on any atom is 0.307 e. The van der Waals surface area contributed by atoms with Gasteiger partial charge in [-0.3, -0.25) is 9.59 Å². The van der Waals surface area contributed by atoms with Gasteiger partial charge in [-0.15, -0.1) is 0 Å². The van der Waals surface area contributed by atoms with Crippen LogP contribution in [0.1, 0.15) is 34.0 Å². The quantitative estimate of drug-likeness (QED) is 0.355. The van der Waals surface area contributed by atoms with Gasteiger partial charge in [0.1, 0.15) is 5.75 Å². The summed E-state index contributed by atoms with van der Waals surface area (Å²) in [5.74, 6) is -0.992. The smallest absolute Gasteiger partial charge is 0.307 e. The molecule has 3 rings (SSSR count). The molecule has 0 amide bonds. The third-order valence-corrected chi connectivity index (χ3v) is 6.65. The van der Waals surface area contributed by atoms with Crippen molar-refractivity contribution in [2.24, 2.45) is 0 Å². The van der Waals surface area contributed by atoms with Gasteiger partial charge in [-0.1, -0.05) is 48.0 Å². The molecule has 6 nitrogen and oxygen atoms in total. The van der Waals surface area contributed by atoms with Gasteiger partial charge in [-0.2, -0.15) is 0 Å². The van der Waals surface area contributed by atoms with Crippen molar-refractivity contribution in [3.63, 3.8) is 0 Å². The fourth-order valence-corrected chi connectivity index (χ4v) is 4.30. The SMILES string of the molecule is COc1ccc(C(=O)[C@@H](OC(=O)CCS(=O)(=O)c2ccc(C)cc2)c2ccccc2)cc1. The van der Waals surface area contributed by atoms with Crippen LogP contribution in [0, 0.1) is 6.92 Å². The summed E-state index contributed by atoms with van der Waals surface area (Å²) < 4.78 is 35.7. The van der Waals surface area contributed by atoms with E-state index in [2.05, 4.69) is 0 Å². The van der Waals surface area contributed by atoms with E-state index in [0.29, 0.717) is 16.9 Å². The van der Waals surface area contributed by atoms with Gasteiger partial charge in [-0.05, 0) is 43.3 Å². The van der Waals surface area contributed by atoms with Gasteiger partial charge in [-0.25, -0.2) is 8.42 Å². The molecule has 0 bridgehead atoms. The van der Waals surface area contributed by atoms with Crippen molar-refractivity contribution >= 4 is 21.6 Å². The van der Waals surface area contributed by atoms with Crippen LogP contribution in [0.3, 0.4) is 0 Å². The van der Waals surface area contributed by atoms with Gasteiger partial charge < -0.3 is 9.47 Å². The lowest BCUT2D eigenvalue weighted by molar-refractivity contribution is -0.146. The second-order valence-electron chi connectivity index (χ2n) is 7.26. The van der Waals surface area contributed by atoms with Crippen LogP contribution < -0.4 is 4.74 Å². The first-order valence-electron chi connectivity index (χ1n) is 10.0. The van der Waals surface area contributed by atoms with Crippen LogP contribution in [0.25, 0.3) is 0 Å². The van der Waals surface area contributed by atoms with Crippen molar-refractivity contribution in [3.8, 4) is 5.75 Å². The topological polar surface area (TPSA) is 86.7 Å². The van der Waals surface area contributed by atoms with Crippen LogP contribution in [0.5, 0.6) is 5.75 Å². The highest BCUT2D eigenvalue weighted by molar-refractivity contribution is 7.91. The third kappa shape index (κ3) is 5.82. The number of esters is 1. The number of benzene rings is 3. The molecule has 0 aliphatic heterocycles. The molecule has 0 aliphatic rings. The number of hydrogen-bond acceptors (Lipinski definition) is 6. The number of methoxy groups -OCH3 is 1. The molecule has 0 saturated heterocycles. The van der Waals surface area contributed by atoms with E-state index in [1.807, 2.05) is 6.92 Å². The summed E-state index contributed by atoms with van der Waals surface area (Å²) in [6.07, 6.45) is -1.55. The molecule has 0 aromatic heterocycles. The molecule has 0 unspecified atom stereocenters. The standard InChI is InChI=1S/C25H24O6S/c1-18-8-14-22(15-9-18)32(28,29)17-16-23(26)31-25(20-6-4-3-5-7-20)24(27)19-10-12-21(30-2)13-11-19/h3-15,25H,16-17H2,1-2H3/t25-/m0/s1. The second kappa shape index (κ2) is 10.2. The molecule has 166 valence electrons. The fraction of sp³-hybridized carbons (Fsp3) is 0.200. The molecule has 0 aliphatic carbocycles. The Bertz CT molecular complexity index is 1170. The Kier molecular flexibility index (Phi) is 7.43. The summed E-state index contributed by atoms with van der Waals surface area (Å²) in [7, 11) is -2.13. The lowest BCUT2D eigenvalue weighted by atomic mass is 9.99. The Morgan fingerprint density at radius 2 is 1.50 bits per heavy atom. The van der Waals surface area contributed by atoms with Crippen molar-refractivity contribution in [2.45, 2.75) is 24.3 Å². The van der Waals surface area contributed by atoms with Gasteiger partial charge in [0.15, 0.2) is 15.9 Å². The summed E-state index contributed by atoms with van der Waals surface area (Å²) in [4.78, 5) is 25.8. The Hall–Kier alpha value is -3.45. The van der Waals surface area contributed by atoms with Gasteiger partial charge in [0.25, 0.3) is 0 Å². The highest BCUT2D eigenvalue weighted by Crippen LogP contribution is 2.25. The molecule has 0 saturated carbocycles. The molecule has 3 aromatic rings.